The fraction of sp³-hybridized carbons (Fsp3) is 0.308. The molecule has 1 aromatic heterocycles. The second kappa shape index (κ2) is 4.84. The number of benzene rings is 1. The standard InChI is InChI=1S/C13H16N4O3/c1-8(2)12-11(14)13(18)16(15(12)3)9-6-4-5-7-10(9)17(19)20/h4-8H,14H2,1-3H3. The zero-order chi connectivity index (χ0) is 15.0. The lowest BCUT2D eigenvalue weighted by Crippen LogP contribution is -2.21. The van der Waals surface area contributed by atoms with Crippen molar-refractivity contribution >= 4 is 11.4 Å². The molecule has 0 saturated carbocycles. The van der Waals surface area contributed by atoms with Crippen molar-refractivity contribution in [2.45, 2.75) is 19.8 Å². The Morgan fingerprint density at radius 1 is 1.30 bits per heavy atom. The molecule has 1 aromatic carbocycles. The molecule has 0 bridgehead atoms. The van der Waals surface area contributed by atoms with Crippen molar-refractivity contribution in [1.29, 1.82) is 0 Å². The van der Waals surface area contributed by atoms with Gasteiger partial charge in [0.05, 0.1) is 10.6 Å². The fourth-order valence-electron chi connectivity index (χ4n) is 2.40. The van der Waals surface area contributed by atoms with Crippen molar-refractivity contribution in [3.05, 3.63) is 50.4 Å². The Hall–Kier alpha value is -2.57. The maximum atomic E-state index is 12.3. The molecule has 0 aliphatic rings. The van der Waals surface area contributed by atoms with Crippen molar-refractivity contribution in [2.24, 2.45) is 7.05 Å². The third-order valence-electron chi connectivity index (χ3n) is 3.20. The van der Waals surface area contributed by atoms with Crippen LogP contribution < -0.4 is 11.3 Å². The van der Waals surface area contributed by atoms with Crippen LogP contribution in [0.4, 0.5) is 11.4 Å². The van der Waals surface area contributed by atoms with E-state index in [2.05, 4.69) is 0 Å². The Morgan fingerprint density at radius 2 is 1.90 bits per heavy atom. The Labute approximate surface area is 115 Å². The molecule has 0 amide bonds. The molecule has 0 unspecified atom stereocenters. The van der Waals surface area contributed by atoms with Crippen LogP contribution in [0.3, 0.4) is 0 Å². The summed E-state index contributed by atoms with van der Waals surface area (Å²) in [4.78, 5) is 22.9. The highest BCUT2D eigenvalue weighted by Crippen LogP contribution is 2.25. The van der Waals surface area contributed by atoms with Crippen LogP contribution in [0.5, 0.6) is 0 Å². The Balaban J connectivity index is 2.82. The Bertz CT molecular complexity index is 728. The largest absolute Gasteiger partial charge is 0.393 e. The van der Waals surface area contributed by atoms with Crippen LogP contribution >= 0.6 is 0 Å². The van der Waals surface area contributed by atoms with Crippen molar-refractivity contribution < 1.29 is 4.92 Å². The summed E-state index contributed by atoms with van der Waals surface area (Å²) < 4.78 is 2.81. The highest BCUT2D eigenvalue weighted by atomic mass is 16.6. The lowest BCUT2D eigenvalue weighted by Gasteiger charge is -2.12. The van der Waals surface area contributed by atoms with Gasteiger partial charge in [-0.1, -0.05) is 26.0 Å². The quantitative estimate of drug-likeness (QED) is 0.682. The van der Waals surface area contributed by atoms with Gasteiger partial charge in [0.25, 0.3) is 11.2 Å². The molecule has 0 radical (unpaired) electrons. The van der Waals surface area contributed by atoms with Gasteiger partial charge in [0.15, 0.2) is 0 Å². The second-order valence-electron chi connectivity index (χ2n) is 4.84. The molecule has 0 aliphatic carbocycles. The molecule has 0 fully saturated rings. The first-order valence-corrected chi connectivity index (χ1v) is 6.17. The van der Waals surface area contributed by atoms with Crippen LogP contribution in [0.15, 0.2) is 29.1 Å². The number of hydrogen-bond donors (Lipinski definition) is 1. The summed E-state index contributed by atoms with van der Waals surface area (Å²) in [6.07, 6.45) is 0. The minimum absolute atomic E-state index is 0.0386. The number of aromatic nitrogens is 2. The van der Waals surface area contributed by atoms with E-state index < -0.39 is 10.5 Å². The van der Waals surface area contributed by atoms with E-state index in [0.717, 1.165) is 0 Å². The van der Waals surface area contributed by atoms with E-state index in [-0.39, 0.29) is 23.0 Å². The first-order valence-electron chi connectivity index (χ1n) is 6.17. The van der Waals surface area contributed by atoms with E-state index >= 15 is 0 Å². The van der Waals surface area contributed by atoms with Crippen molar-refractivity contribution in [1.82, 2.24) is 9.36 Å². The molecule has 0 atom stereocenters. The fourth-order valence-corrected chi connectivity index (χ4v) is 2.40. The van der Waals surface area contributed by atoms with Crippen molar-refractivity contribution in [3.63, 3.8) is 0 Å². The molecule has 2 rings (SSSR count). The summed E-state index contributed by atoms with van der Waals surface area (Å²) >= 11 is 0. The highest BCUT2D eigenvalue weighted by Gasteiger charge is 2.23. The van der Waals surface area contributed by atoms with Gasteiger partial charge in [-0.3, -0.25) is 19.6 Å². The molecule has 1 heterocycles. The average molecular weight is 276 g/mol. The van der Waals surface area contributed by atoms with E-state index in [1.165, 1.54) is 16.8 Å². The van der Waals surface area contributed by atoms with Gasteiger partial charge in [0.2, 0.25) is 0 Å². The Kier molecular flexibility index (Phi) is 3.35. The van der Waals surface area contributed by atoms with E-state index in [0.29, 0.717) is 5.69 Å². The van der Waals surface area contributed by atoms with E-state index in [9.17, 15) is 14.9 Å². The van der Waals surface area contributed by atoms with Crippen LogP contribution in [-0.4, -0.2) is 14.3 Å². The van der Waals surface area contributed by atoms with Gasteiger partial charge >= 0.3 is 0 Å². The van der Waals surface area contributed by atoms with Crippen LogP contribution in [0.1, 0.15) is 25.5 Å². The third-order valence-corrected chi connectivity index (χ3v) is 3.20. The van der Waals surface area contributed by atoms with Gasteiger partial charge in [0, 0.05) is 13.1 Å². The SMILES string of the molecule is CC(C)c1c(N)c(=O)n(-c2ccccc2[N+](=O)[O-])n1C. The number of hydrogen-bond acceptors (Lipinski definition) is 4. The number of nitrogen functional groups attached to an aromatic ring is 1. The third kappa shape index (κ3) is 1.97. The first kappa shape index (κ1) is 13.9. The van der Waals surface area contributed by atoms with Crippen LogP contribution in [0.2, 0.25) is 0 Å². The van der Waals surface area contributed by atoms with Gasteiger partial charge in [0.1, 0.15) is 11.4 Å². The highest BCUT2D eigenvalue weighted by molar-refractivity contribution is 5.55. The summed E-state index contributed by atoms with van der Waals surface area (Å²) in [5.74, 6) is 0.0386. The molecule has 0 aliphatic heterocycles. The number of anilines is 1. The molecule has 2 N–H and O–H groups in total. The molecule has 2 aromatic rings. The van der Waals surface area contributed by atoms with Gasteiger partial charge in [-0.25, -0.2) is 4.68 Å². The summed E-state index contributed by atoms with van der Waals surface area (Å²) in [5, 5.41) is 11.1. The lowest BCUT2D eigenvalue weighted by molar-refractivity contribution is -0.384. The smallest absolute Gasteiger partial charge is 0.295 e. The monoisotopic (exact) mass is 276 g/mol. The van der Waals surface area contributed by atoms with Crippen molar-refractivity contribution in [2.75, 3.05) is 5.73 Å². The number of nitro benzene ring substituents is 1. The zero-order valence-electron chi connectivity index (χ0n) is 11.5. The molecular weight excluding hydrogens is 260 g/mol. The predicted octanol–water partition coefficient (Wildman–Crippen LogP) is 1.79. The zero-order valence-corrected chi connectivity index (χ0v) is 11.5. The topological polar surface area (TPSA) is 96.1 Å². The van der Waals surface area contributed by atoms with Gasteiger partial charge in [-0.05, 0) is 12.0 Å². The molecule has 7 nitrogen and oxygen atoms in total. The molecule has 106 valence electrons. The Morgan fingerprint density at radius 3 is 2.40 bits per heavy atom. The molecule has 7 heteroatoms. The van der Waals surface area contributed by atoms with Gasteiger partial charge in [-0.15, -0.1) is 0 Å². The normalized spacial score (nSPS) is 11.0. The van der Waals surface area contributed by atoms with Crippen LogP contribution in [0.25, 0.3) is 5.69 Å². The maximum Gasteiger partial charge on any atom is 0.295 e. The van der Waals surface area contributed by atoms with E-state index in [4.69, 9.17) is 5.73 Å². The predicted molar refractivity (Wildman–Crippen MR) is 76.2 cm³/mol. The minimum atomic E-state index is -0.514. The first-order chi connectivity index (χ1) is 9.36. The number of para-hydroxylation sites is 2. The van der Waals surface area contributed by atoms with E-state index in [1.54, 1.807) is 23.9 Å². The number of nitrogens with two attached hydrogens (primary N) is 1. The van der Waals surface area contributed by atoms with Crippen molar-refractivity contribution in [3.8, 4) is 5.69 Å². The number of rotatable bonds is 3. The van der Waals surface area contributed by atoms with Gasteiger partial charge in [-0.2, -0.15) is 0 Å². The lowest BCUT2D eigenvalue weighted by atomic mass is 10.1. The average Bonchev–Trinajstić information content (AvgIpc) is 2.60. The number of nitro groups is 1. The summed E-state index contributed by atoms with van der Waals surface area (Å²) in [7, 11) is 1.67. The maximum absolute atomic E-state index is 12.3. The van der Waals surface area contributed by atoms with Crippen LogP contribution in [-0.2, 0) is 7.05 Å². The summed E-state index contributed by atoms with van der Waals surface area (Å²) in [6, 6.07) is 6.10. The van der Waals surface area contributed by atoms with Crippen LogP contribution in [0, 0.1) is 10.1 Å². The summed E-state index contributed by atoms with van der Waals surface area (Å²) in [6.45, 7) is 3.82. The molecule has 0 spiro atoms. The summed E-state index contributed by atoms with van der Waals surface area (Å²) in [5.41, 5.74) is 6.27. The molecule has 20 heavy (non-hydrogen) atoms. The minimum Gasteiger partial charge on any atom is -0.393 e. The molecular formula is C13H16N4O3. The van der Waals surface area contributed by atoms with Gasteiger partial charge < -0.3 is 5.73 Å². The molecule has 0 saturated heterocycles. The van der Waals surface area contributed by atoms with E-state index in [1.807, 2.05) is 13.8 Å². The number of nitrogens with zero attached hydrogens (tertiary/aromatic N) is 3. The second-order valence-corrected chi connectivity index (χ2v) is 4.84.